The Morgan fingerprint density at radius 2 is 1.62 bits per heavy atom. The van der Waals surface area contributed by atoms with E-state index in [9.17, 15) is 21.0 Å². The predicted molar refractivity (Wildman–Crippen MR) is 75.4 cm³/mol. The summed E-state index contributed by atoms with van der Waals surface area (Å²) in [6.45, 7) is 2.21. The van der Waals surface area contributed by atoms with Gasteiger partial charge in [0.1, 0.15) is 5.75 Å². The molecule has 21 heavy (non-hydrogen) atoms. The van der Waals surface area contributed by atoms with Gasteiger partial charge in [-0.05, 0) is 25.1 Å². The van der Waals surface area contributed by atoms with Crippen molar-refractivity contribution in [2.75, 3.05) is 6.61 Å². The summed E-state index contributed by atoms with van der Waals surface area (Å²) >= 11 is 3.32. The van der Waals surface area contributed by atoms with Crippen LogP contribution in [0.15, 0.2) is 22.7 Å². The molecule has 0 heterocycles. The average molecular weight is 341 g/mol. The molecule has 2 rings (SSSR count). The minimum atomic E-state index is -1.66. The van der Waals surface area contributed by atoms with Crippen LogP contribution < -0.4 is 4.74 Å². The highest BCUT2D eigenvalue weighted by molar-refractivity contribution is 9.10. The van der Waals surface area contributed by atoms with Gasteiger partial charge in [-0.15, -0.1) is 0 Å². The lowest BCUT2D eigenvalue weighted by molar-refractivity contribution is 0.336. The SMILES string of the molecule is CCOc1ccc(Br)cc1C1C(C#N)(C#N)C1(C#N)C#N. The number of benzene rings is 1. The van der Waals surface area contributed by atoms with E-state index >= 15 is 0 Å². The van der Waals surface area contributed by atoms with Crippen molar-refractivity contribution >= 4 is 15.9 Å². The van der Waals surface area contributed by atoms with Crippen molar-refractivity contribution in [3.63, 3.8) is 0 Å². The molecule has 1 fully saturated rings. The van der Waals surface area contributed by atoms with Gasteiger partial charge in [0.2, 0.25) is 0 Å². The summed E-state index contributed by atoms with van der Waals surface area (Å²) in [4.78, 5) is 0. The molecule has 6 heteroatoms. The van der Waals surface area contributed by atoms with Crippen molar-refractivity contribution in [2.24, 2.45) is 10.8 Å². The Balaban J connectivity index is 2.67. The van der Waals surface area contributed by atoms with Gasteiger partial charge in [-0.1, -0.05) is 15.9 Å². The van der Waals surface area contributed by atoms with Gasteiger partial charge in [0, 0.05) is 10.0 Å². The van der Waals surface area contributed by atoms with Gasteiger partial charge in [0.15, 0.2) is 10.8 Å². The second kappa shape index (κ2) is 5.10. The van der Waals surface area contributed by atoms with Crippen LogP contribution in [-0.4, -0.2) is 6.61 Å². The maximum atomic E-state index is 9.35. The molecule has 1 aliphatic carbocycles. The van der Waals surface area contributed by atoms with Crippen molar-refractivity contribution in [3.05, 3.63) is 28.2 Å². The predicted octanol–water partition coefficient (Wildman–Crippen LogP) is 3.01. The summed E-state index contributed by atoms with van der Waals surface area (Å²) in [7, 11) is 0. The van der Waals surface area contributed by atoms with E-state index in [1.165, 1.54) is 0 Å². The molecule has 0 saturated heterocycles. The van der Waals surface area contributed by atoms with Crippen LogP contribution in [0.25, 0.3) is 0 Å². The van der Waals surface area contributed by atoms with Gasteiger partial charge in [-0.25, -0.2) is 0 Å². The Kier molecular flexibility index (Phi) is 3.61. The third-order valence-corrected chi connectivity index (χ3v) is 4.19. The number of nitrogens with zero attached hydrogens (tertiary/aromatic N) is 4. The molecule has 0 unspecified atom stereocenters. The molecule has 102 valence electrons. The van der Waals surface area contributed by atoms with E-state index in [4.69, 9.17) is 4.74 Å². The Hall–Kier alpha value is -2.54. The van der Waals surface area contributed by atoms with Crippen molar-refractivity contribution < 1.29 is 4.74 Å². The monoisotopic (exact) mass is 340 g/mol. The van der Waals surface area contributed by atoms with E-state index in [0.29, 0.717) is 17.9 Å². The van der Waals surface area contributed by atoms with Crippen LogP contribution in [-0.2, 0) is 0 Å². The van der Waals surface area contributed by atoms with Crippen LogP contribution in [0.2, 0.25) is 0 Å². The molecule has 0 amide bonds. The van der Waals surface area contributed by atoms with Crippen LogP contribution in [0.3, 0.4) is 0 Å². The zero-order valence-electron chi connectivity index (χ0n) is 11.1. The van der Waals surface area contributed by atoms with Crippen molar-refractivity contribution in [2.45, 2.75) is 12.8 Å². The molecule has 5 nitrogen and oxygen atoms in total. The summed E-state index contributed by atoms with van der Waals surface area (Å²) < 4.78 is 6.22. The summed E-state index contributed by atoms with van der Waals surface area (Å²) in [5.74, 6) is -0.331. The molecule has 0 atom stereocenters. The zero-order chi connectivity index (χ0) is 15.7. The fourth-order valence-corrected chi connectivity index (χ4v) is 3.01. The van der Waals surface area contributed by atoms with E-state index in [2.05, 4.69) is 15.9 Å². The first kappa shape index (κ1) is 14.9. The molecule has 0 N–H and O–H groups in total. The van der Waals surface area contributed by atoms with Crippen molar-refractivity contribution in [1.29, 1.82) is 21.0 Å². The smallest absolute Gasteiger partial charge is 0.185 e. The molecule has 1 aromatic carbocycles. The molecular weight excluding hydrogens is 332 g/mol. The topological polar surface area (TPSA) is 104 Å². The van der Waals surface area contributed by atoms with Gasteiger partial charge in [-0.3, -0.25) is 0 Å². The minimum absolute atomic E-state index is 0.402. The Bertz CT molecular complexity index is 694. The van der Waals surface area contributed by atoms with Crippen LogP contribution in [0.4, 0.5) is 0 Å². The van der Waals surface area contributed by atoms with Gasteiger partial charge in [-0.2, -0.15) is 21.0 Å². The van der Waals surface area contributed by atoms with E-state index in [1.807, 2.05) is 31.2 Å². The number of nitriles is 4. The Labute approximate surface area is 130 Å². The second-order valence-electron chi connectivity index (χ2n) is 4.61. The van der Waals surface area contributed by atoms with E-state index in [-0.39, 0.29) is 0 Å². The summed E-state index contributed by atoms with van der Waals surface area (Å²) in [5, 5.41) is 37.4. The van der Waals surface area contributed by atoms with Gasteiger partial charge in [0.25, 0.3) is 0 Å². The van der Waals surface area contributed by atoms with E-state index < -0.39 is 16.7 Å². The number of ether oxygens (including phenoxy) is 1. The lowest BCUT2D eigenvalue weighted by Crippen LogP contribution is -2.05. The molecule has 0 bridgehead atoms. The van der Waals surface area contributed by atoms with Crippen LogP contribution in [0.1, 0.15) is 18.4 Å². The standard InChI is InChI=1S/C15H9BrN4O/c1-2-21-12-4-3-10(16)5-11(12)13-14(6-17,7-18)15(13,8-19)9-20/h3-5,13H,2H2,1H3. The Morgan fingerprint density at radius 1 is 1.10 bits per heavy atom. The minimum Gasteiger partial charge on any atom is -0.494 e. The van der Waals surface area contributed by atoms with Crippen LogP contribution in [0, 0.1) is 56.2 Å². The van der Waals surface area contributed by atoms with Gasteiger partial charge < -0.3 is 4.74 Å². The lowest BCUT2D eigenvalue weighted by Gasteiger charge is -2.10. The Morgan fingerprint density at radius 3 is 2.05 bits per heavy atom. The average Bonchev–Trinajstić information content (AvgIpc) is 3.12. The molecule has 0 aromatic heterocycles. The maximum Gasteiger partial charge on any atom is 0.185 e. The van der Waals surface area contributed by atoms with Crippen LogP contribution >= 0.6 is 15.9 Å². The highest BCUT2D eigenvalue weighted by Crippen LogP contribution is 2.74. The third-order valence-electron chi connectivity index (χ3n) is 3.69. The third kappa shape index (κ3) is 1.78. The number of rotatable bonds is 3. The molecule has 0 aliphatic heterocycles. The van der Waals surface area contributed by atoms with E-state index in [0.717, 1.165) is 4.47 Å². The second-order valence-corrected chi connectivity index (χ2v) is 5.53. The fourth-order valence-electron chi connectivity index (χ4n) is 2.63. The first-order chi connectivity index (χ1) is 10.1. The zero-order valence-corrected chi connectivity index (χ0v) is 12.7. The molecule has 0 spiro atoms. The highest BCUT2D eigenvalue weighted by atomic mass is 79.9. The molecule has 1 saturated carbocycles. The molecule has 1 aromatic rings. The summed E-state index contributed by atoms with van der Waals surface area (Å²) in [5.41, 5.74) is -2.80. The van der Waals surface area contributed by atoms with Crippen molar-refractivity contribution in [3.8, 4) is 30.0 Å². The van der Waals surface area contributed by atoms with Crippen LogP contribution in [0.5, 0.6) is 5.75 Å². The largest absolute Gasteiger partial charge is 0.494 e. The molecule has 1 aliphatic rings. The highest BCUT2D eigenvalue weighted by Gasteiger charge is 2.82. The van der Waals surface area contributed by atoms with Gasteiger partial charge in [0.05, 0.1) is 36.8 Å². The number of halogens is 1. The van der Waals surface area contributed by atoms with Crippen molar-refractivity contribution in [1.82, 2.24) is 0 Å². The lowest BCUT2D eigenvalue weighted by atomic mass is 9.98. The number of hydrogen-bond donors (Lipinski definition) is 0. The quantitative estimate of drug-likeness (QED) is 0.840. The maximum absolute atomic E-state index is 9.35. The first-order valence-electron chi connectivity index (χ1n) is 6.14. The summed E-state index contributed by atoms with van der Waals surface area (Å²) in [6, 6.07) is 12.6. The first-order valence-corrected chi connectivity index (χ1v) is 6.93. The number of hydrogen-bond acceptors (Lipinski definition) is 5. The molecular formula is C15H9BrN4O. The van der Waals surface area contributed by atoms with Gasteiger partial charge >= 0.3 is 0 Å². The summed E-state index contributed by atoms with van der Waals surface area (Å²) in [6.07, 6.45) is 0. The normalized spacial score (nSPS) is 17.6. The molecule has 0 radical (unpaired) electrons. The van der Waals surface area contributed by atoms with E-state index in [1.54, 1.807) is 18.2 Å². The fraction of sp³-hybridized carbons (Fsp3) is 0.333.